The van der Waals surface area contributed by atoms with E-state index in [-0.39, 0.29) is 16.6 Å². The number of benzene rings is 2. The monoisotopic (exact) mass is 494 g/mol. The zero-order valence-corrected chi connectivity index (χ0v) is 23.0. The van der Waals surface area contributed by atoms with Crippen LogP contribution in [-0.4, -0.2) is 9.13 Å². The van der Waals surface area contributed by atoms with Crippen molar-refractivity contribution in [3.63, 3.8) is 0 Å². The van der Waals surface area contributed by atoms with Gasteiger partial charge in [0, 0.05) is 16.8 Å². The van der Waals surface area contributed by atoms with Crippen molar-refractivity contribution in [1.29, 1.82) is 0 Å². The summed E-state index contributed by atoms with van der Waals surface area (Å²) >= 11 is 0. The van der Waals surface area contributed by atoms with Crippen LogP contribution in [0.25, 0.3) is 11.4 Å². The van der Waals surface area contributed by atoms with Gasteiger partial charge in [0.2, 0.25) is 0 Å². The quantitative estimate of drug-likeness (QED) is 0.269. The number of nitrogens with zero attached hydrogens (tertiary/aromatic N) is 2. The van der Waals surface area contributed by atoms with E-state index < -0.39 is 0 Å². The van der Waals surface area contributed by atoms with Crippen molar-refractivity contribution in [2.45, 2.75) is 83.8 Å². The summed E-state index contributed by atoms with van der Waals surface area (Å²) in [5.74, 6) is 1.91. The molecular formula is C33H38N2O2. The van der Waals surface area contributed by atoms with Crippen LogP contribution in [0.2, 0.25) is 0 Å². The Bertz CT molecular complexity index is 1350. The van der Waals surface area contributed by atoms with Gasteiger partial charge in [0.15, 0.2) is 0 Å². The molecule has 0 spiro atoms. The largest absolute Gasteiger partial charge is 0.479 e. The van der Waals surface area contributed by atoms with Crippen molar-refractivity contribution in [1.82, 2.24) is 9.13 Å². The van der Waals surface area contributed by atoms with E-state index in [0.717, 1.165) is 48.6 Å². The van der Waals surface area contributed by atoms with E-state index in [2.05, 4.69) is 123 Å². The van der Waals surface area contributed by atoms with E-state index in [1.165, 1.54) is 22.8 Å². The summed E-state index contributed by atoms with van der Waals surface area (Å²) in [7, 11) is 0. The van der Waals surface area contributed by atoms with Crippen LogP contribution < -0.4 is 9.47 Å². The summed E-state index contributed by atoms with van der Waals surface area (Å²) in [4.78, 5) is 0. The van der Waals surface area contributed by atoms with Crippen LogP contribution in [0.1, 0.15) is 90.0 Å². The van der Waals surface area contributed by atoms with E-state index >= 15 is 0 Å². The Morgan fingerprint density at radius 3 is 1.32 bits per heavy atom. The summed E-state index contributed by atoms with van der Waals surface area (Å²) in [6.45, 7) is 13.6. The Kier molecular flexibility index (Phi) is 5.38. The fraction of sp³-hybridized carbons (Fsp3) is 0.394. The SMILES string of the molecule is CCC1(CC)Oc2ccccc2-n2c1ccc2C(C)(C)c1ccc2n1-c1ccccc1OC2(CC)CC. The number of ether oxygens (including phenoxy) is 2. The number of aromatic nitrogens is 2. The van der Waals surface area contributed by atoms with Gasteiger partial charge >= 0.3 is 0 Å². The summed E-state index contributed by atoms with van der Waals surface area (Å²) < 4.78 is 18.4. The van der Waals surface area contributed by atoms with Gasteiger partial charge in [-0.3, -0.25) is 0 Å². The Labute approximate surface area is 220 Å². The molecule has 0 amide bonds. The number of rotatable bonds is 6. The Hall–Kier alpha value is -3.40. The summed E-state index contributed by atoms with van der Waals surface area (Å²) in [5.41, 5.74) is 6.31. The van der Waals surface area contributed by atoms with Crippen molar-refractivity contribution in [2.24, 2.45) is 0 Å². The topological polar surface area (TPSA) is 28.3 Å². The molecule has 4 heteroatoms. The highest BCUT2D eigenvalue weighted by molar-refractivity contribution is 5.58. The molecule has 0 unspecified atom stereocenters. The molecule has 2 aromatic heterocycles. The highest BCUT2D eigenvalue weighted by Gasteiger charge is 2.45. The summed E-state index contributed by atoms with van der Waals surface area (Å²) in [6.07, 6.45) is 3.68. The third-order valence-corrected chi connectivity index (χ3v) is 9.08. The van der Waals surface area contributed by atoms with Crippen LogP contribution in [0, 0.1) is 0 Å². The second-order valence-corrected chi connectivity index (χ2v) is 11.0. The fourth-order valence-corrected chi connectivity index (χ4v) is 6.71. The van der Waals surface area contributed by atoms with Gasteiger partial charge in [-0.1, -0.05) is 52.0 Å². The van der Waals surface area contributed by atoms with E-state index in [1.54, 1.807) is 0 Å². The molecular weight excluding hydrogens is 456 g/mol. The molecule has 4 heterocycles. The average Bonchev–Trinajstić information content (AvgIpc) is 3.59. The third kappa shape index (κ3) is 3.14. The maximum absolute atomic E-state index is 6.71. The van der Waals surface area contributed by atoms with Crippen LogP contribution in [0.4, 0.5) is 0 Å². The van der Waals surface area contributed by atoms with Gasteiger partial charge in [-0.25, -0.2) is 0 Å². The van der Waals surface area contributed by atoms with Crippen molar-refractivity contribution < 1.29 is 9.47 Å². The van der Waals surface area contributed by atoms with E-state index in [9.17, 15) is 0 Å². The first kappa shape index (κ1) is 24.0. The second-order valence-electron chi connectivity index (χ2n) is 11.0. The van der Waals surface area contributed by atoms with Gasteiger partial charge in [-0.05, 0) is 88.1 Å². The van der Waals surface area contributed by atoms with Gasteiger partial charge in [-0.2, -0.15) is 0 Å². The standard InChI is InChI=1S/C33H38N2O2/c1-7-32(8-2)29-21-19-27(34(29)23-15-11-13-17-25(23)36-32)31(5,6)28-20-22-30-33(9-3,10-4)37-26-18-14-12-16-24(26)35(28)30/h11-22H,7-10H2,1-6H3. The number of hydrogen-bond acceptors (Lipinski definition) is 2. The minimum absolute atomic E-state index is 0.286. The molecule has 6 rings (SSSR count). The summed E-state index contributed by atoms with van der Waals surface area (Å²) in [5, 5.41) is 0. The molecule has 0 bridgehead atoms. The Balaban J connectivity index is 1.61. The first-order chi connectivity index (χ1) is 17.9. The highest BCUT2D eigenvalue weighted by atomic mass is 16.5. The molecule has 37 heavy (non-hydrogen) atoms. The molecule has 0 saturated heterocycles. The molecule has 2 aliphatic heterocycles. The van der Waals surface area contributed by atoms with Crippen molar-refractivity contribution >= 4 is 0 Å². The fourth-order valence-electron chi connectivity index (χ4n) is 6.71. The summed E-state index contributed by atoms with van der Waals surface area (Å²) in [6, 6.07) is 26.2. The van der Waals surface area contributed by atoms with Crippen LogP contribution in [-0.2, 0) is 16.6 Å². The van der Waals surface area contributed by atoms with Gasteiger partial charge in [0.1, 0.15) is 22.7 Å². The lowest BCUT2D eigenvalue weighted by Crippen LogP contribution is -2.40. The van der Waals surface area contributed by atoms with Crippen molar-refractivity contribution in [2.75, 3.05) is 0 Å². The minimum Gasteiger partial charge on any atom is -0.479 e. The Morgan fingerprint density at radius 1 is 0.568 bits per heavy atom. The van der Waals surface area contributed by atoms with Gasteiger partial charge < -0.3 is 18.6 Å². The molecule has 192 valence electrons. The van der Waals surface area contributed by atoms with Gasteiger partial charge in [0.25, 0.3) is 0 Å². The number of fused-ring (bicyclic) bond motifs is 6. The maximum Gasteiger partial charge on any atom is 0.149 e. The first-order valence-corrected chi connectivity index (χ1v) is 13.9. The third-order valence-electron chi connectivity index (χ3n) is 9.08. The molecule has 0 atom stereocenters. The first-order valence-electron chi connectivity index (χ1n) is 13.9. The maximum atomic E-state index is 6.71. The molecule has 0 radical (unpaired) electrons. The molecule has 4 aromatic rings. The average molecular weight is 495 g/mol. The minimum atomic E-state index is -0.332. The van der Waals surface area contributed by atoms with E-state index in [4.69, 9.17) is 9.47 Å². The second kappa shape index (κ2) is 8.31. The molecule has 0 saturated carbocycles. The van der Waals surface area contributed by atoms with E-state index in [1.807, 2.05) is 0 Å². The normalized spacial score (nSPS) is 16.6. The predicted molar refractivity (Wildman–Crippen MR) is 149 cm³/mol. The van der Waals surface area contributed by atoms with E-state index in [0.29, 0.717) is 0 Å². The van der Waals surface area contributed by atoms with Crippen LogP contribution >= 0.6 is 0 Å². The lowest BCUT2D eigenvalue weighted by molar-refractivity contribution is 0.0419. The molecule has 2 aliphatic rings. The molecule has 4 nitrogen and oxygen atoms in total. The predicted octanol–water partition coefficient (Wildman–Crippen LogP) is 8.41. The molecule has 2 aromatic carbocycles. The number of para-hydroxylation sites is 4. The lowest BCUT2D eigenvalue weighted by Gasteiger charge is -2.42. The van der Waals surface area contributed by atoms with Crippen LogP contribution in [0.15, 0.2) is 72.8 Å². The van der Waals surface area contributed by atoms with Crippen LogP contribution in [0.5, 0.6) is 11.5 Å². The molecule has 0 fully saturated rings. The van der Waals surface area contributed by atoms with Gasteiger partial charge in [-0.15, -0.1) is 0 Å². The molecule has 0 aliphatic carbocycles. The van der Waals surface area contributed by atoms with Crippen molar-refractivity contribution in [3.05, 3.63) is 95.6 Å². The number of hydrogen-bond donors (Lipinski definition) is 0. The van der Waals surface area contributed by atoms with Crippen molar-refractivity contribution in [3.8, 4) is 22.9 Å². The Morgan fingerprint density at radius 2 is 0.946 bits per heavy atom. The van der Waals surface area contributed by atoms with Crippen LogP contribution in [0.3, 0.4) is 0 Å². The zero-order valence-electron chi connectivity index (χ0n) is 23.0. The smallest absolute Gasteiger partial charge is 0.149 e. The lowest BCUT2D eigenvalue weighted by atomic mass is 9.84. The highest BCUT2D eigenvalue weighted by Crippen LogP contribution is 2.50. The molecule has 0 N–H and O–H groups in total. The zero-order chi connectivity index (χ0) is 26.0. The van der Waals surface area contributed by atoms with Gasteiger partial charge in [0.05, 0.1) is 22.8 Å².